The molecule has 3 rings (SSSR count). The fraction of sp³-hybridized carbons (Fsp3) is 0.588. The Labute approximate surface area is 140 Å². The standard InChI is InChI=1S/C17H25N5O2/c1-10-13(8-14(23)19-7-5-12-4-6-18-9-12)11(2)20-16-15(10)17(24)21-22(16)3/h12,18H,4-9H2,1-3H3,(H,19,23)(H,21,24). The van der Waals surface area contributed by atoms with Crippen LogP contribution in [0.4, 0.5) is 0 Å². The zero-order valence-corrected chi connectivity index (χ0v) is 14.5. The van der Waals surface area contributed by atoms with Gasteiger partial charge in [0.25, 0.3) is 5.56 Å². The number of fused-ring (bicyclic) bond motifs is 1. The molecule has 24 heavy (non-hydrogen) atoms. The van der Waals surface area contributed by atoms with Crippen molar-refractivity contribution in [2.75, 3.05) is 19.6 Å². The number of amides is 1. The number of hydrogen-bond donors (Lipinski definition) is 3. The molecule has 0 aromatic carbocycles. The van der Waals surface area contributed by atoms with Gasteiger partial charge in [0.2, 0.25) is 5.91 Å². The minimum atomic E-state index is -0.159. The molecule has 0 aliphatic carbocycles. The summed E-state index contributed by atoms with van der Waals surface area (Å²) in [4.78, 5) is 28.8. The first-order chi connectivity index (χ1) is 11.5. The van der Waals surface area contributed by atoms with Crippen molar-refractivity contribution >= 4 is 16.9 Å². The molecule has 1 aliphatic heterocycles. The van der Waals surface area contributed by atoms with Crippen molar-refractivity contribution in [1.82, 2.24) is 25.4 Å². The summed E-state index contributed by atoms with van der Waals surface area (Å²) in [6, 6.07) is 0. The molecule has 7 nitrogen and oxygen atoms in total. The maximum Gasteiger partial charge on any atom is 0.273 e. The highest BCUT2D eigenvalue weighted by Crippen LogP contribution is 2.20. The van der Waals surface area contributed by atoms with Gasteiger partial charge in [-0.2, -0.15) is 0 Å². The summed E-state index contributed by atoms with van der Waals surface area (Å²) in [5, 5.41) is 9.62. The quantitative estimate of drug-likeness (QED) is 0.745. The lowest BCUT2D eigenvalue weighted by Gasteiger charge is -2.12. The van der Waals surface area contributed by atoms with Gasteiger partial charge in [-0.25, -0.2) is 4.98 Å². The molecule has 0 radical (unpaired) electrons. The SMILES string of the molecule is Cc1nc2c(c(C)c1CC(=O)NCCC1CCNC1)c(=O)[nH]n2C. The van der Waals surface area contributed by atoms with Crippen LogP contribution < -0.4 is 16.2 Å². The van der Waals surface area contributed by atoms with E-state index in [9.17, 15) is 9.59 Å². The highest BCUT2D eigenvalue weighted by atomic mass is 16.1. The Morgan fingerprint density at radius 2 is 2.21 bits per heavy atom. The third-order valence-corrected chi connectivity index (χ3v) is 4.95. The van der Waals surface area contributed by atoms with Gasteiger partial charge in [-0.1, -0.05) is 0 Å². The molecule has 1 amide bonds. The molecule has 2 aromatic heterocycles. The highest BCUT2D eigenvalue weighted by Gasteiger charge is 2.18. The Bertz CT molecular complexity index is 814. The minimum Gasteiger partial charge on any atom is -0.356 e. The van der Waals surface area contributed by atoms with Crippen molar-refractivity contribution in [1.29, 1.82) is 0 Å². The molecule has 7 heteroatoms. The Balaban J connectivity index is 1.71. The molecule has 1 aliphatic rings. The van der Waals surface area contributed by atoms with Crippen LogP contribution in [0.5, 0.6) is 0 Å². The average molecular weight is 331 g/mol. The second-order valence-corrected chi connectivity index (χ2v) is 6.67. The number of carbonyl (C=O) groups is 1. The van der Waals surface area contributed by atoms with E-state index in [0.29, 0.717) is 23.5 Å². The Hall–Kier alpha value is -2.15. The second kappa shape index (κ2) is 6.76. The lowest BCUT2D eigenvalue weighted by Crippen LogP contribution is -2.28. The Morgan fingerprint density at radius 3 is 2.92 bits per heavy atom. The molecule has 0 spiro atoms. The molecule has 1 fully saturated rings. The summed E-state index contributed by atoms with van der Waals surface area (Å²) < 4.78 is 1.62. The average Bonchev–Trinajstić information content (AvgIpc) is 3.12. The summed E-state index contributed by atoms with van der Waals surface area (Å²) in [5.74, 6) is 0.648. The summed E-state index contributed by atoms with van der Waals surface area (Å²) in [6.45, 7) is 6.60. The van der Waals surface area contributed by atoms with Gasteiger partial charge in [0.1, 0.15) is 0 Å². The Morgan fingerprint density at radius 1 is 1.42 bits per heavy atom. The predicted octanol–water partition coefficient (Wildman–Crippen LogP) is 0.537. The third kappa shape index (κ3) is 3.21. The number of hydrogen-bond acceptors (Lipinski definition) is 4. The molecular formula is C17H25N5O2. The zero-order chi connectivity index (χ0) is 17.3. The van der Waals surface area contributed by atoms with Crippen LogP contribution in [0, 0.1) is 19.8 Å². The monoisotopic (exact) mass is 331 g/mol. The van der Waals surface area contributed by atoms with Crippen molar-refractivity contribution in [3.8, 4) is 0 Å². The molecular weight excluding hydrogens is 306 g/mol. The Kier molecular flexibility index (Phi) is 4.71. The van der Waals surface area contributed by atoms with E-state index in [0.717, 1.165) is 36.3 Å². The molecule has 0 saturated carbocycles. The first-order valence-corrected chi connectivity index (χ1v) is 8.49. The maximum atomic E-state index is 12.3. The van der Waals surface area contributed by atoms with Crippen LogP contribution in [0.1, 0.15) is 29.7 Å². The zero-order valence-electron chi connectivity index (χ0n) is 14.5. The van der Waals surface area contributed by atoms with E-state index in [4.69, 9.17) is 0 Å². The van der Waals surface area contributed by atoms with Crippen LogP contribution >= 0.6 is 0 Å². The van der Waals surface area contributed by atoms with Gasteiger partial charge < -0.3 is 10.6 Å². The van der Waals surface area contributed by atoms with Crippen LogP contribution in [0.2, 0.25) is 0 Å². The fourth-order valence-electron chi connectivity index (χ4n) is 3.51. The smallest absolute Gasteiger partial charge is 0.273 e. The number of rotatable bonds is 5. The van der Waals surface area contributed by atoms with E-state index in [1.165, 1.54) is 6.42 Å². The lowest BCUT2D eigenvalue weighted by molar-refractivity contribution is -0.120. The summed E-state index contributed by atoms with van der Waals surface area (Å²) in [7, 11) is 1.76. The first kappa shape index (κ1) is 16.7. The number of nitrogens with zero attached hydrogens (tertiary/aromatic N) is 2. The number of carbonyl (C=O) groups excluding carboxylic acids is 1. The van der Waals surface area contributed by atoms with Gasteiger partial charge in [-0.15, -0.1) is 0 Å². The van der Waals surface area contributed by atoms with Gasteiger partial charge in [-0.05, 0) is 56.8 Å². The molecule has 2 aromatic rings. The van der Waals surface area contributed by atoms with Crippen LogP contribution in [0.25, 0.3) is 11.0 Å². The largest absolute Gasteiger partial charge is 0.356 e. The normalized spacial score (nSPS) is 17.5. The van der Waals surface area contributed by atoms with Gasteiger partial charge in [-0.3, -0.25) is 19.4 Å². The van der Waals surface area contributed by atoms with Crippen molar-refractivity contribution < 1.29 is 4.79 Å². The van der Waals surface area contributed by atoms with E-state index in [2.05, 4.69) is 20.7 Å². The van der Waals surface area contributed by atoms with Gasteiger partial charge in [0.15, 0.2) is 5.65 Å². The van der Waals surface area contributed by atoms with E-state index in [1.54, 1.807) is 11.7 Å². The number of H-pyrrole nitrogens is 1. The van der Waals surface area contributed by atoms with E-state index < -0.39 is 0 Å². The predicted molar refractivity (Wildman–Crippen MR) is 93.1 cm³/mol. The number of aryl methyl sites for hydroxylation is 3. The number of aromatic amines is 1. The van der Waals surface area contributed by atoms with Crippen LogP contribution in [-0.4, -0.2) is 40.3 Å². The van der Waals surface area contributed by atoms with Crippen molar-refractivity contribution in [3.63, 3.8) is 0 Å². The highest BCUT2D eigenvalue weighted by molar-refractivity contribution is 5.84. The van der Waals surface area contributed by atoms with Gasteiger partial charge >= 0.3 is 0 Å². The summed E-state index contributed by atoms with van der Waals surface area (Å²) >= 11 is 0. The second-order valence-electron chi connectivity index (χ2n) is 6.67. The molecule has 1 saturated heterocycles. The number of aromatic nitrogens is 3. The van der Waals surface area contributed by atoms with Crippen LogP contribution in [-0.2, 0) is 18.3 Å². The molecule has 1 unspecified atom stereocenters. The summed E-state index contributed by atoms with van der Waals surface area (Å²) in [6.07, 6.45) is 2.45. The maximum absolute atomic E-state index is 12.3. The number of nitrogens with one attached hydrogen (secondary N) is 3. The minimum absolute atomic E-state index is 0.0133. The van der Waals surface area contributed by atoms with E-state index in [-0.39, 0.29) is 17.9 Å². The molecule has 3 heterocycles. The lowest BCUT2D eigenvalue weighted by atomic mass is 10.0. The van der Waals surface area contributed by atoms with Gasteiger partial charge in [0.05, 0.1) is 11.8 Å². The molecule has 130 valence electrons. The van der Waals surface area contributed by atoms with Crippen molar-refractivity contribution in [2.24, 2.45) is 13.0 Å². The van der Waals surface area contributed by atoms with E-state index in [1.807, 2.05) is 13.8 Å². The van der Waals surface area contributed by atoms with Crippen molar-refractivity contribution in [2.45, 2.75) is 33.1 Å². The summed E-state index contributed by atoms with van der Waals surface area (Å²) in [5.41, 5.74) is 2.96. The molecule has 1 atom stereocenters. The van der Waals surface area contributed by atoms with E-state index >= 15 is 0 Å². The van der Waals surface area contributed by atoms with Gasteiger partial charge in [0, 0.05) is 19.3 Å². The first-order valence-electron chi connectivity index (χ1n) is 8.49. The van der Waals surface area contributed by atoms with Crippen LogP contribution in [0.3, 0.4) is 0 Å². The fourth-order valence-corrected chi connectivity index (χ4v) is 3.51. The van der Waals surface area contributed by atoms with Crippen LogP contribution in [0.15, 0.2) is 4.79 Å². The third-order valence-electron chi connectivity index (χ3n) is 4.95. The topological polar surface area (TPSA) is 91.8 Å². The van der Waals surface area contributed by atoms with Crippen molar-refractivity contribution in [3.05, 3.63) is 27.2 Å². The molecule has 3 N–H and O–H groups in total. The molecule has 0 bridgehead atoms. The number of pyridine rings is 1.